The van der Waals surface area contributed by atoms with Gasteiger partial charge in [-0.1, -0.05) is 24.3 Å². The van der Waals surface area contributed by atoms with Crippen molar-refractivity contribution >= 4 is 5.91 Å². The van der Waals surface area contributed by atoms with E-state index in [1.54, 1.807) is 18.2 Å². The first-order chi connectivity index (χ1) is 11.3. The Morgan fingerprint density at radius 1 is 1.38 bits per heavy atom. The van der Waals surface area contributed by atoms with E-state index >= 15 is 0 Å². The zero-order valence-electron chi connectivity index (χ0n) is 13.7. The van der Waals surface area contributed by atoms with Crippen LogP contribution in [0.15, 0.2) is 24.3 Å². The van der Waals surface area contributed by atoms with E-state index in [1.807, 2.05) is 6.07 Å². The maximum Gasteiger partial charge on any atom is 0.411 e. The zero-order valence-corrected chi connectivity index (χ0v) is 13.7. The molecule has 1 heterocycles. The lowest BCUT2D eigenvalue weighted by Crippen LogP contribution is -2.42. The summed E-state index contributed by atoms with van der Waals surface area (Å²) >= 11 is 0. The zero-order chi connectivity index (χ0) is 17.6. The summed E-state index contributed by atoms with van der Waals surface area (Å²) in [4.78, 5) is 12.2. The number of nitrogens with one attached hydrogen (secondary N) is 2. The van der Waals surface area contributed by atoms with E-state index in [1.165, 1.54) is 0 Å². The molecular weight excluding hydrogens is 321 g/mol. The standard InChI is InChI=1S/C17H23F3N2O2/c1-12-7-15(5-6-21-12)16(23)22-9-13-3-2-4-14(8-13)10-24-11-17(18,19)20/h2-4,8,12,15,21H,5-7,9-11H2,1H3,(H,22,23)/t12-,15-/m0/s1. The molecule has 2 rings (SSSR count). The molecule has 1 aliphatic rings. The fourth-order valence-corrected chi connectivity index (χ4v) is 2.82. The number of ether oxygens (including phenoxy) is 1. The Morgan fingerprint density at radius 2 is 2.12 bits per heavy atom. The molecule has 1 aromatic carbocycles. The van der Waals surface area contributed by atoms with Crippen LogP contribution in [0.2, 0.25) is 0 Å². The van der Waals surface area contributed by atoms with E-state index < -0.39 is 12.8 Å². The predicted octanol–water partition coefficient (Wildman–Crippen LogP) is 2.77. The summed E-state index contributed by atoms with van der Waals surface area (Å²) in [6.07, 6.45) is -2.68. The van der Waals surface area contributed by atoms with Crippen LogP contribution in [0.3, 0.4) is 0 Å². The molecule has 24 heavy (non-hydrogen) atoms. The van der Waals surface area contributed by atoms with Crippen molar-refractivity contribution in [2.24, 2.45) is 5.92 Å². The van der Waals surface area contributed by atoms with Crippen LogP contribution < -0.4 is 10.6 Å². The van der Waals surface area contributed by atoms with Crippen LogP contribution in [-0.4, -0.2) is 31.3 Å². The van der Waals surface area contributed by atoms with Crippen molar-refractivity contribution in [3.05, 3.63) is 35.4 Å². The van der Waals surface area contributed by atoms with Crippen LogP contribution in [0.5, 0.6) is 0 Å². The molecule has 7 heteroatoms. The number of hydrogen-bond acceptors (Lipinski definition) is 3. The van der Waals surface area contributed by atoms with E-state index in [0.29, 0.717) is 18.2 Å². The Morgan fingerprint density at radius 3 is 2.83 bits per heavy atom. The number of rotatable bonds is 6. The highest BCUT2D eigenvalue weighted by Crippen LogP contribution is 2.17. The highest BCUT2D eigenvalue weighted by atomic mass is 19.4. The van der Waals surface area contributed by atoms with Gasteiger partial charge in [-0.2, -0.15) is 13.2 Å². The summed E-state index contributed by atoms with van der Waals surface area (Å²) in [6.45, 7) is 1.90. The van der Waals surface area contributed by atoms with Crippen LogP contribution in [0, 0.1) is 5.92 Å². The topological polar surface area (TPSA) is 50.4 Å². The SMILES string of the molecule is C[C@H]1C[C@@H](C(=O)NCc2cccc(COCC(F)(F)F)c2)CCN1. The Balaban J connectivity index is 1.80. The van der Waals surface area contributed by atoms with E-state index in [-0.39, 0.29) is 18.4 Å². The number of piperidine rings is 1. The molecule has 2 atom stereocenters. The Labute approximate surface area is 139 Å². The fraction of sp³-hybridized carbons (Fsp3) is 0.588. The number of alkyl halides is 3. The van der Waals surface area contributed by atoms with Crippen LogP contribution >= 0.6 is 0 Å². The summed E-state index contributed by atoms with van der Waals surface area (Å²) in [7, 11) is 0. The largest absolute Gasteiger partial charge is 0.411 e. The molecule has 134 valence electrons. The molecule has 0 radical (unpaired) electrons. The summed E-state index contributed by atoms with van der Waals surface area (Å²) in [6, 6.07) is 7.38. The van der Waals surface area contributed by atoms with E-state index in [2.05, 4.69) is 22.3 Å². The van der Waals surface area contributed by atoms with Gasteiger partial charge in [-0.25, -0.2) is 0 Å². The van der Waals surface area contributed by atoms with Gasteiger partial charge in [0.05, 0.1) is 6.61 Å². The lowest BCUT2D eigenvalue weighted by atomic mass is 9.92. The molecule has 4 nitrogen and oxygen atoms in total. The Bertz CT molecular complexity index is 549. The smallest absolute Gasteiger partial charge is 0.367 e. The van der Waals surface area contributed by atoms with Crippen molar-refractivity contribution < 1.29 is 22.7 Å². The summed E-state index contributed by atoms with van der Waals surface area (Å²) in [5, 5.41) is 6.21. The van der Waals surface area contributed by atoms with Crippen LogP contribution in [-0.2, 0) is 22.7 Å². The second-order valence-electron chi connectivity index (χ2n) is 6.22. The number of amides is 1. The molecule has 1 aliphatic heterocycles. The molecule has 1 amide bonds. The number of halogens is 3. The van der Waals surface area contributed by atoms with E-state index in [9.17, 15) is 18.0 Å². The highest BCUT2D eigenvalue weighted by Gasteiger charge is 2.27. The van der Waals surface area contributed by atoms with E-state index in [4.69, 9.17) is 0 Å². The predicted molar refractivity (Wildman–Crippen MR) is 84.2 cm³/mol. The molecule has 0 aliphatic carbocycles. The van der Waals surface area contributed by atoms with Crippen LogP contribution in [0.1, 0.15) is 30.9 Å². The van der Waals surface area contributed by atoms with Gasteiger partial charge in [-0.3, -0.25) is 4.79 Å². The molecule has 1 aromatic rings. The second kappa shape index (κ2) is 8.48. The van der Waals surface area contributed by atoms with Crippen molar-refractivity contribution in [3.63, 3.8) is 0 Å². The first-order valence-corrected chi connectivity index (χ1v) is 8.07. The summed E-state index contributed by atoms with van der Waals surface area (Å²) in [5.74, 6) is 0.0432. The summed E-state index contributed by atoms with van der Waals surface area (Å²) < 4.78 is 40.9. The van der Waals surface area contributed by atoms with Gasteiger partial charge in [0.1, 0.15) is 6.61 Å². The molecule has 0 saturated carbocycles. The monoisotopic (exact) mass is 344 g/mol. The Hall–Kier alpha value is -1.60. The minimum atomic E-state index is -4.32. The number of carbonyl (C=O) groups is 1. The Kier molecular flexibility index (Phi) is 6.62. The van der Waals surface area contributed by atoms with Gasteiger partial charge in [0, 0.05) is 18.5 Å². The maximum atomic E-state index is 12.2. The molecule has 1 saturated heterocycles. The van der Waals surface area contributed by atoms with Gasteiger partial charge in [-0.15, -0.1) is 0 Å². The van der Waals surface area contributed by atoms with Crippen molar-refractivity contribution in [1.82, 2.24) is 10.6 Å². The minimum Gasteiger partial charge on any atom is -0.367 e. The average Bonchev–Trinajstić information content (AvgIpc) is 2.52. The van der Waals surface area contributed by atoms with E-state index in [0.717, 1.165) is 24.9 Å². The van der Waals surface area contributed by atoms with Crippen molar-refractivity contribution in [2.45, 2.75) is 45.1 Å². The molecule has 0 unspecified atom stereocenters. The number of carbonyl (C=O) groups excluding carboxylic acids is 1. The fourth-order valence-electron chi connectivity index (χ4n) is 2.82. The molecule has 2 N–H and O–H groups in total. The van der Waals surface area contributed by atoms with Crippen LogP contribution in [0.4, 0.5) is 13.2 Å². The van der Waals surface area contributed by atoms with Gasteiger partial charge >= 0.3 is 6.18 Å². The molecular formula is C17H23F3N2O2. The minimum absolute atomic E-state index is 0.0135. The quantitative estimate of drug-likeness (QED) is 0.834. The van der Waals surface area contributed by atoms with Gasteiger partial charge in [0.25, 0.3) is 0 Å². The number of hydrogen-bond donors (Lipinski definition) is 2. The maximum absolute atomic E-state index is 12.2. The lowest BCUT2D eigenvalue weighted by molar-refractivity contribution is -0.176. The normalized spacial score (nSPS) is 21.5. The van der Waals surface area contributed by atoms with Crippen molar-refractivity contribution in [2.75, 3.05) is 13.2 Å². The molecule has 0 aromatic heterocycles. The lowest BCUT2D eigenvalue weighted by Gasteiger charge is -2.27. The first kappa shape index (κ1) is 18.7. The van der Waals surface area contributed by atoms with Gasteiger partial charge in [0.15, 0.2) is 0 Å². The molecule has 0 bridgehead atoms. The highest BCUT2D eigenvalue weighted by molar-refractivity contribution is 5.78. The molecule has 1 fully saturated rings. The third-order valence-corrected chi connectivity index (χ3v) is 3.99. The third kappa shape index (κ3) is 6.49. The van der Waals surface area contributed by atoms with Gasteiger partial charge in [0.2, 0.25) is 5.91 Å². The second-order valence-corrected chi connectivity index (χ2v) is 6.22. The van der Waals surface area contributed by atoms with Crippen molar-refractivity contribution in [1.29, 1.82) is 0 Å². The molecule has 0 spiro atoms. The van der Waals surface area contributed by atoms with Crippen LogP contribution in [0.25, 0.3) is 0 Å². The summed E-state index contributed by atoms with van der Waals surface area (Å²) in [5.41, 5.74) is 1.50. The third-order valence-electron chi connectivity index (χ3n) is 3.99. The van der Waals surface area contributed by atoms with Crippen molar-refractivity contribution in [3.8, 4) is 0 Å². The first-order valence-electron chi connectivity index (χ1n) is 8.07. The van der Waals surface area contributed by atoms with Gasteiger partial charge in [-0.05, 0) is 37.4 Å². The van der Waals surface area contributed by atoms with Gasteiger partial charge < -0.3 is 15.4 Å². The number of benzene rings is 1. The average molecular weight is 344 g/mol.